The third-order valence-electron chi connectivity index (χ3n) is 12.8. The first-order chi connectivity index (χ1) is 28.2. The molecule has 0 heterocycles. The van der Waals surface area contributed by atoms with Crippen molar-refractivity contribution in [3.05, 3.63) is 181 Å². The summed E-state index contributed by atoms with van der Waals surface area (Å²) in [6.07, 6.45) is 12.4. The van der Waals surface area contributed by atoms with Crippen LogP contribution in [-0.4, -0.2) is 0 Å². The van der Waals surface area contributed by atoms with Crippen LogP contribution in [0.4, 0.5) is 0 Å². The lowest BCUT2D eigenvalue weighted by Gasteiger charge is -2.34. The van der Waals surface area contributed by atoms with E-state index in [1.165, 1.54) is 153 Å². The SMILES string of the molecule is CCCCCCC1(CCCCCC)c2cc(-c3ccc4ccccc4c3)c(-c3ccccc3)cc2-c2cc(-c3ccccc3)c(-c3ccc4ccccc4c3)cc21. The van der Waals surface area contributed by atoms with Crippen molar-refractivity contribution in [2.75, 3.05) is 0 Å². The molecule has 0 atom stereocenters. The van der Waals surface area contributed by atoms with E-state index in [1.807, 2.05) is 0 Å². The Kier molecular flexibility index (Phi) is 10.6. The fraction of sp³-hybridized carbons (Fsp3) is 0.228. The van der Waals surface area contributed by atoms with Gasteiger partial charge in [0.25, 0.3) is 0 Å². The van der Waals surface area contributed by atoms with E-state index in [4.69, 9.17) is 0 Å². The maximum Gasteiger partial charge on any atom is 0.0215 e. The maximum atomic E-state index is 2.65. The van der Waals surface area contributed by atoms with Crippen LogP contribution in [-0.2, 0) is 5.41 Å². The van der Waals surface area contributed by atoms with E-state index in [1.54, 1.807) is 0 Å². The van der Waals surface area contributed by atoms with E-state index in [9.17, 15) is 0 Å². The molecule has 0 bridgehead atoms. The predicted octanol–water partition coefficient (Wildman–Crippen LogP) is 16.9. The number of hydrogen-bond acceptors (Lipinski definition) is 0. The molecule has 0 N–H and O–H groups in total. The highest BCUT2D eigenvalue weighted by molar-refractivity contribution is 5.99. The van der Waals surface area contributed by atoms with E-state index in [-0.39, 0.29) is 5.41 Å². The molecule has 0 aromatic heterocycles. The standard InChI is InChI=1S/C57H54/c1-3-5-7-19-33-57(34-20-8-6-4-2)55-39-51(47-31-29-41-21-15-17-27-45(41)35-47)49(43-23-11-9-12-24-43)37-53(55)54-38-50(44-25-13-10-14-26-44)52(40-56(54)57)48-32-30-42-22-16-18-28-46(42)36-48/h9-18,21-32,35-40H,3-8,19-20,33-34H2,1-2H3. The van der Waals surface area contributed by atoms with Gasteiger partial charge in [0, 0.05) is 5.41 Å². The van der Waals surface area contributed by atoms with Gasteiger partial charge in [0.1, 0.15) is 0 Å². The molecule has 0 nitrogen and oxygen atoms in total. The van der Waals surface area contributed by atoms with Crippen LogP contribution in [0.3, 0.4) is 0 Å². The van der Waals surface area contributed by atoms with E-state index < -0.39 is 0 Å². The molecule has 0 unspecified atom stereocenters. The molecule has 282 valence electrons. The van der Waals surface area contributed by atoms with Gasteiger partial charge < -0.3 is 0 Å². The second-order valence-corrected chi connectivity index (χ2v) is 16.4. The molecule has 9 rings (SSSR count). The van der Waals surface area contributed by atoms with Crippen molar-refractivity contribution >= 4 is 21.5 Å². The Bertz CT molecular complexity index is 2460. The van der Waals surface area contributed by atoms with E-state index in [0.29, 0.717) is 0 Å². The molecule has 0 amide bonds. The van der Waals surface area contributed by atoms with Crippen molar-refractivity contribution in [2.45, 2.75) is 83.5 Å². The average Bonchev–Trinajstić information content (AvgIpc) is 3.53. The van der Waals surface area contributed by atoms with Crippen LogP contribution < -0.4 is 0 Å². The van der Waals surface area contributed by atoms with Crippen LogP contribution in [0.2, 0.25) is 0 Å². The first-order valence-corrected chi connectivity index (χ1v) is 21.6. The van der Waals surface area contributed by atoms with Gasteiger partial charge in [-0.1, -0.05) is 199 Å². The van der Waals surface area contributed by atoms with Crippen molar-refractivity contribution in [3.63, 3.8) is 0 Å². The Morgan fingerprint density at radius 3 is 1.11 bits per heavy atom. The van der Waals surface area contributed by atoms with Crippen LogP contribution in [0.15, 0.2) is 170 Å². The number of fused-ring (bicyclic) bond motifs is 5. The topological polar surface area (TPSA) is 0 Å². The molecule has 1 aliphatic carbocycles. The summed E-state index contributed by atoms with van der Waals surface area (Å²) < 4.78 is 0. The van der Waals surface area contributed by atoms with Crippen LogP contribution in [0.1, 0.15) is 89.2 Å². The molecule has 0 heteroatoms. The largest absolute Gasteiger partial charge is 0.0654 e. The third kappa shape index (κ3) is 7.12. The number of unbranched alkanes of at least 4 members (excludes halogenated alkanes) is 6. The van der Waals surface area contributed by atoms with Crippen LogP contribution >= 0.6 is 0 Å². The van der Waals surface area contributed by atoms with Gasteiger partial charge in [-0.25, -0.2) is 0 Å². The van der Waals surface area contributed by atoms with Crippen LogP contribution in [0.5, 0.6) is 0 Å². The van der Waals surface area contributed by atoms with Gasteiger partial charge in [0.05, 0.1) is 0 Å². The van der Waals surface area contributed by atoms with Crippen LogP contribution in [0.25, 0.3) is 77.2 Å². The van der Waals surface area contributed by atoms with E-state index in [0.717, 1.165) is 0 Å². The minimum absolute atomic E-state index is 0.0756. The van der Waals surface area contributed by atoms with Gasteiger partial charge >= 0.3 is 0 Å². The second kappa shape index (κ2) is 16.4. The molecule has 1 aliphatic rings. The molecule has 8 aromatic rings. The monoisotopic (exact) mass is 738 g/mol. The zero-order chi connectivity index (χ0) is 38.6. The Balaban J connectivity index is 1.34. The minimum Gasteiger partial charge on any atom is -0.0654 e. The number of rotatable bonds is 14. The van der Waals surface area contributed by atoms with Crippen molar-refractivity contribution in [1.29, 1.82) is 0 Å². The quantitative estimate of drug-likeness (QED) is 0.0975. The van der Waals surface area contributed by atoms with E-state index >= 15 is 0 Å². The lowest BCUT2D eigenvalue weighted by Crippen LogP contribution is -2.26. The average molecular weight is 739 g/mol. The molecule has 0 saturated heterocycles. The lowest BCUT2D eigenvalue weighted by atomic mass is 9.69. The van der Waals surface area contributed by atoms with E-state index in [2.05, 4.69) is 184 Å². The Labute approximate surface area is 340 Å². The van der Waals surface area contributed by atoms with Gasteiger partial charge in [0.15, 0.2) is 0 Å². The number of benzene rings is 8. The van der Waals surface area contributed by atoms with Crippen molar-refractivity contribution in [1.82, 2.24) is 0 Å². The molecule has 0 saturated carbocycles. The van der Waals surface area contributed by atoms with Gasteiger partial charge in [-0.3, -0.25) is 0 Å². The summed E-state index contributed by atoms with van der Waals surface area (Å²) in [7, 11) is 0. The highest BCUT2D eigenvalue weighted by Crippen LogP contribution is 2.58. The summed E-state index contributed by atoms with van der Waals surface area (Å²) in [4.78, 5) is 0. The number of hydrogen-bond donors (Lipinski definition) is 0. The summed E-state index contributed by atoms with van der Waals surface area (Å²) in [5, 5.41) is 5.14. The Hall–Kier alpha value is -5.72. The van der Waals surface area contributed by atoms with Crippen molar-refractivity contribution in [3.8, 4) is 55.6 Å². The molecule has 0 aliphatic heterocycles. The molecular weight excluding hydrogens is 685 g/mol. The summed E-state index contributed by atoms with van der Waals surface area (Å²) in [6.45, 7) is 4.67. The summed E-state index contributed by atoms with van der Waals surface area (Å²) in [5.74, 6) is 0. The molecular formula is C57H54. The van der Waals surface area contributed by atoms with Gasteiger partial charge in [-0.05, 0) is 138 Å². The first-order valence-electron chi connectivity index (χ1n) is 21.6. The molecule has 0 spiro atoms. The molecule has 0 fully saturated rings. The second-order valence-electron chi connectivity index (χ2n) is 16.4. The van der Waals surface area contributed by atoms with Gasteiger partial charge in [-0.2, -0.15) is 0 Å². The smallest absolute Gasteiger partial charge is 0.0215 e. The normalized spacial score (nSPS) is 12.9. The molecule has 8 aromatic carbocycles. The van der Waals surface area contributed by atoms with Crippen molar-refractivity contribution < 1.29 is 0 Å². The fourth-order valence-corrected chi connectivity index (χ4v) is 9.86. The zero-order valence-electron chi connectivity index (χ0n) is 33.7. The third-order valence-corrected chi connectivity index (χ3v) is 12.8. The highest BCUT2D eigenvalue weighted by Gasteiger charge is 2.43. The summed E-state index contributed by atoms with van der Waals surface area (Å²) in [5.41, 5.74) is 16.2. The Morgan fingerprint density at radius 1 is 0.298 bits per heavy atom. The summed E-state index contributed by atoms with van der Waals surface area (Å²) in [6, 6.07) is 64.4. The van der Waals surface area contributed by atoms with Gasteiger partial charge in [0.2, 0.25) is 0 Å². The highest BCUT2D eigenvalue weighted by atomic mass is 14.5. The van der Waals surface area contributed by atoms with Crippen LogP contribution in [0, 0.1) is 0 Å². The molecule has 0 radical (unpaired) electrons. The zero-order valence-corrected chi connectivity index (χ0v) is 33.7. The summed E-state index contributed by atoms with van der Waals surface area (Å²) >= 11 is 0. The Morgan fingerprint density at radius 2 is 0.684 bits per heavy atom. The predicted molar refractivity (Wildman–Crippen MR) is 247 cm³/mol. The van der Waals surface area contributed by atoms with Gasteiger partial charge in [-0.15, -0.1) is 0 Å². The molecule has 57 heavy (non-hydrogen) atoms. The first kappa shape index (κ1) is 36.9. The lowest BCUT2D eigenvalue weighted by molar-refractivity contribution is 0.401. The minimum atomic E-state index is -0.0756. The van der Waals surface area contributed by atoms with Crippen molar-refractivity contribution in [2.24, 2.45) is 0 Å². The maximum absolute atomic E-state index is 2.65. The fourth-order valence-electron chi connectivity index (χ4n) is 9.86.